The molecule has 1 aliphatic heterocycles. The summed E-state index contributed by atoms with van der Waals surface area (Å²) in [6.07, 6.45) is 0. The Morgan fingerprint density at radius 1 is 1.24 bits per heavy atom. The van der Waals surface area contributed by atoms with E-state index < -0.39 is 5.82 Å². The highest BCUT2D eigenvalue weighted by Gasteiger charge is 2.16. The molecule has 0 saturated carbocycles. The third-order valence-electron chi connectivity index (χ3n) is 3.18. The summed E-state index contributed by atoms with van der Waals surface area (Å²) in [6.45, 7) is 0.769. The molecule has 0 atom stereocenters. The van der Waals surface area contributed by atoms with Gasteiger partial charge in [-0.3, -0.25) is 0 Å². The van der Waals surface area contributed by atoms with Crippen LogP contribution in [0.15, 0.2) is 34.8 Å². The SMILES string of the molecule is COc1ccc(NCc2cc3c(cc2Br)OCO3)cc1F. The minimum absolute atomic E-state index is 0.227. The number of benzene rings is 2. The quantitative estimate of drug-likeness (QED) is 0.903. The van der Waals surface area contributed by atoms with E-state index in [0.717, 1.165) is 21.5 Å². The summed E-state index contributed by atoms with van der Waals surface area (Å²) in [4.78, 5) is 0. The van der Waals surface area contributed by atoms with Gasteiger partial charge in [-0.05, 0) is 29.8 Å². The van der Waals surface area contributed by atoms with E-state index in [1.807, 2.05) is 12.1 Å². The fraction of sp³-hybridized carbons (Fsp3) is 0.200. The number of ether oxygens (including phenoxy) is 3. The molecule has 110 valence electrons. The molecule has 3 rings (SSSR count). The van der Waals surface area contributed by atoms with Gasteiger partial charge < -0.3 is 19.5 Å². The van der Waals surface area contributed by atoms with Crippen molar-refractivity contribution in [2.24, 2.45) is 0 Å². The predicted octanol–water partition coefficient (Wildman–Crippen LogP) is 3.94. The highest BCUT2D eigenvalue weighted by molar-refractivity contribution is 9.10. The zero-order valence-electron chi connectivity index (χ0n) is 11.3. The van der Waals surface area contributed by atoms with Crippen LogP contribution >= 0.6 is 15.9 Å². The molecule has 0 radical (unpaired) electrons. The largest absolute Gasteiger partial charge is 0.494 e. The molecule has 0 bridgehead atoms. The van der Waals surface area contributed by atoms with Crippen molar-refractivity contribution in [2.75, 3.05) is 19.2 Å². The number of rotatable bonds is 4. The van der Waals surface area contributed by atoms with Crippen LogP contribution < -0.4 is 19.5 Å². The van der Waals surface area contributed by atoms with Crippen molar-refractivity contribution in [2.45, 2.75) is 6.54 Å². The van der Waals surface area contributed by atoms with Crippen LogP contribution in [0.5, 0.6) is 17.2 Å². The maximum Gasteiger partial charge on any atom is 0.231 e. The minimum atomic E-state index is -0.396. The van der Waals surface area contributed by atoms with Gasteiger partial charge in [-0.25, -0.2) is 4.39 Å². The van der Waals surface area contributed by atoms with Gasteiger partial charge in [0, 0.05) is 22.8 Å². The van der Waals surface area contributed by atoms with Crippen molar-refractivity contribution < 1.29 is 18.6 Å². The summed E-state index contributed by atoms with van der Waals surface area (Å²) in [6, 6.07) is 8.53. The molecule has 6 heteroatoms. The predicted molar refractivity (Wildman–Crippen MR) is 80.5 cm³/mol. The molecule has 1 heterocycles. The molecule has 2 aromatic carbocycles. The van der Waals surface area contributed by atoms with Crippen molar-refractivity contribution >= 4 is 21.6 Å². The number of hydrogen-bond donors (Lipinski definition) is 1. The van der Waals surface area contributed by atoms with Crippen LogP contribution in [0, 0.1) is 5.82 Å². The van der Waals surface area contributed by atoms with E-state index in [4.69, 9.17) is 14.2 Å². The van der Waals surface area contributed by atoms with Crippen molar-refractivity contribution in [1.29, 1.82) is 0 Å². The molecular weight excluding hydrogens is 341 g/mol. The Morgan fingerprint density at radius 2 is 2.00 bits per heavy atom. The zero-order chi connectivity index (χ0) is 14.8. The first kappa shape index (κ1) is 14.0. The van der Waals surface area contributed by atoms with Gasteiger partial charge in [0.15, 0.2) is 23.1 Å². The lowest BCUT2D eigenvalue weighted by molar-refractivity contribution is 0.174. The van der Waals surface area contributed by atoms with Crippen LogP contribution in [0.2, 0.25) is 0 Å². The molecule has 2 aromatic rings. The maximum atomic E-state index is 13.6. The van der Waals surface area contributed by atoms with E-state index >= 15 is 0 Å². The second-order valence-electron chi connectivity index (χ2n) is 4.50. The lowest BCUT2D eigenvalue weighted by Crippen LogP contribution is -2.01. The van der Waals surface area contributed by atoms with E-state index in [-0.39, 0.29) is 12.5 Å². The van der Waals surface area contributed by atoms with Gasteiger partial charge in [-0.1, -0.05) is 15.9 Å². The number of methoxy groups -OCH3 is 1. The van der Waals surface area contributed by atoms with Crippen LogP contribution in [-0.2, 0) is 6.54 Å². The van der Waals surface area contributed by atoms with E-state index in [9.17, 15) is 4.39 Å². The lowest BCUT2D eigenvalue weighted by Gasteiger charge is -2.10. The first-order chi connectivity index (χ1) is 10.2. The minimum Gasteiger partial charge on any atom is -0.494 e. The molecule has 0 amide bonds. The highest BCUT2D eigenvalue weighted by Crippen LogP contribution is 2.37. The van der Waals surface area contributed by atoms with E-state index in [1.165, 1.54) is 13.2 Å². The maximum absolute atomic E-state index is 13.6. The third-order valence-corrected chi connectivity index (χ3v) is 3.91. The van der Waals surface area contributed by atoms with E-state index in [2.05, 4.69) is 21.2 Å². The van der Waals surface area contributed by atoms with Gasteiger partial charge in [-0.2, -0.15) is 0 Å². The monoisotopic (exact) mass is 353 g/mol. The first-order valence-corrected chi connectivity index (χ1v) is 7.12. The van der Waals surface area contributed by atoms with Gasteiger partial charge in [0.2, 0.25) is 6.79 Å². The lowest BCUT2D eigenvalue weighted by atomic mass is 10.2. The Labute approximate surface area is 130 Å². The van der Waals surface area contributed by atoms with E-state index in [1.54, 1.807) is 12.1 Å². The molecule has 0 aromatic heterocycles. The number of halogens is 2. The molecule has 4 nitrogen and oxygen atoms in total. The van der Waals surface area contributed by atoms with E-state index in [0.29, 0.717) is 12.2 Å². The summed E-state index contributed by atoms with van der Waals surface area (Å²) in [7, 11) is 1.44. The summed E-state index contributed by atoms with van der Waals surface area (Å²) in [5.41, 5.74) is 1.67. The van der Waals surface area contributed by atoms with Gasteiger partial charge in [-0.15, -0.1) is 0 Å². The number of nitrogens with one attached hydrogen (secondary N) is 1. The molecule has 1 N–H and O–H groups in total. The van der Waals surface area contributed by atoms with Gasteiger partial charge in [0.05, 0.1) is 7.11 Å². The summed E-state index contributed by atoms with van der Waals surface area (Å²) in [5.74, 6) is 1.27. The van der Waals surface area contributed by atoms with Crippen molar-refractivity contribution in [3.63, 3.8) is 0 Å². The molecule has 0 fully saturated rings. The Morgan fingerprint density at radius 3 is 2.71 bits per heavy atom. The fourth-order valence-electron chi connectivity index (χ4n) is 2.07. The van der Waals surface area contributed by atoms with Gasteiger partial charge >= 0.3 is 0 Å². The van der Waals surface area contributed by atoms with Crippen LogP contribution in [0.4, 0.5) is 10.1 Å². The van der Waals surface area contributed by atoms with Crippen LogP contribution in [0.25, 0.3) is 0 Å². The molecule has 0 aliphatic carbocycles. The summed E-state index contributed by atoms with van der Waals surface area (Å²) >= 11 is 3.49. The number of hydrogen-bond acceptors (Lipinski definition) is 4. The second-order valence-corrected chi connectivity index (χ2v) is 5.35. The fourth-order valence-corrected chi connectivity index (χ4v) is 2.53. The van der Waals surface area contributed by atoms with Crippen LogP contribution in [0.3, 0.4) is 0 Å². The Bertz CT molecular complexity index is 678. The van der Waals surface area contributed by atoms with Crippen molar-refractivity contribution in [3.8, 4) is 17.2 Å². The highest BCUT2D eigenvalue weighted by atomic mass is 79.9. The molecule has 21 heavy (non-hydrogen) atoms. The molecular formula is C15H13BrFNO3. The van der Waals surface area contributed by atoms with Crippen molar-refractivity contribution in [1.82, 2.24) is 0 Å². The smallest absolute Gasteiger partial charge is 0.231 e. The summed E-state index contributed by atoms with van der Waals surface area (Å²) in [5, 5.41) is 3.16. The molecule has 1 aliphatic rings. The first-order valence-electron chi connectivity index (χ1n) is 6.33. The van der Waals surface area contributed by atoms with Crippen LogP contribution in [0.1, 0.15) is 5.56 Å². The standard InChI is InChI=1S/C15H13BrFNO3/c1-19-13-3-2-10(5-12(13)17)18-7-9-4-14-15(6-11(9)16)21-8-20-14/h2-6,18H,7-8H2,1H3. The average Bonchev–Trinajstić information content (AvgIpc) is 2.92. The Balaban J connectivity index is 1.74. The zero-order valence-corrected chi connectivity index (χ0v) is 12.9. The molecule has 0 unspecified atom stereocenters. The topological polar surface area (TPSA) is 39.7 Å². The Kier molecular flexibility index (Phi) is 3.88. The summed E-state index contributed by atoms with van der Waals surface area (Å²) < 4.78 is 30.1. The number of anilines is 1. The van der Waals surface area contributed by atoms with Crippen molar-refractivity contribution in [3.05, 3.63) is 46.2 Å². The second kappa shape index (κ2) is 5.81. The van der Waals surface area contributed by atoms with Gasteiger partial charge in [0.25, 0.3) is 0 Å². The Hall–Kier alpha value is -1.95. The molecule has 0 saturated heterocycles. The number of fused-ring (bicyclic) bond motifs is 1. The normalized spacial score (nSPS) is 12.3. The van der Waals surface area contributed by atoms with Crippen LogP contribution in [-0.4, -0.2) is 13.9 Å². The third kappa shape index (κ3) is 2.90. The average molecular weight is 354 g/mol. The molecule has 0 spiro atoms. The van der Waals surface area contributed by atoms with Gasteiger partial charge in [0.1, 0.15) is 0 Å².